The summed E-state index contributed by atoms with van der Waals surface area (Å²) in [6.07, 6.45) is 6.71. The van der Waals surface area contributed by atoms with Crippen molar-refractivity contribution in [1.29, 1.82) is 0 Å². The van der Waals surface area contributed by atoms with Crippen LogP contribution in [-0.4, -0.2) is 75.4 Å². The largest absolute Gasteiger partial charge is 0.489 e. The lowest BCUT2D eigenvalue weighted by Gasteiger charge is -2.39. The summed E-state index contributed by atoms with van der Waals surface area (Å²) in [5.41, 5.74) is 4.63. The van der Waals surface area contributed by atoms with Crippen molar-refractivity contribution in [2.24, 2.45) is 0 Å². The topological polar surface area (TPSA) is 101 Å². The lowest BCUT2D eigenvalue weighted by Crippen LogP contribution is -2.50. The lowest BCUT2D eigenvalue weighted by atomic mass is 9.87. The number of aryl methyl sites for hydroxylation is 1. The van der Waals surface area contributed by atoms with Crippen molar-refractivity contribution >= 4 is 29.2 Å². The van der Waals surface area contributed by atoms with Gasteiger partial charge in [0.1, 0.15) is 16.4 Å². The van der Waals surface area contributed by atoms with Crippen LogP contribution >= 0.6 is 11.6 Å². The fourth-order valence-corrected chi connectivity index (χ4v) is 7.42. The van der Waals surface area contributed by atoms with E-state index in [1.807, 2.05) is 62.9 Å². The summed E-state index contributed by atoms with van der Waals surface area (Å²) in [7, 11) is 0. The first-order valence-electron chi connectivity index (χ1n) is 18.4. The molecule has 3 aromatic rings. The van der Waals surface area contributed by atoms with Gasteiger partial charge < -0.3 is 24.2 Å². The first-order valence-corrected chi connectivity index (χ1v) is 18.8. The van der Waals surface area contributed by atoms with E-state index < -0.39 is 29.4 Å². The molecule has 3 aliphatic rings. The average Bonchev–Trinajstić information content (AvgIpc) is 3.91. The smallest absolute Gasteiger partial charge is 0.411 e. The Hall–Kier alpha value is -4.22. The Labute approximate surface area is 314 Å². The summed E-state index contributed by atoms with van der Waals surface area (Å²) in [6, 6.07) is 11.5. The molecule has 0 radical (unpaired) electrons. The number of hydrogen-bond acceptors (Lipinski definition) is 7. The Morgan fingerprint density at radius 2 is 1.70 bits per heavy atom. The summed E-state index contributed by atoms with van der Waals surface area (Å²) in [5, 5.41) is 8.83. The molecule has 0 spiro atoms. The van der Waals surface area contributed by atoms with Crippen LogP contribution < -0.4 is 9.47 Å². The van der Waals surface area contributed by atoms with Gasteiger partial charge >= 0.3 is 6.09 Å². The minimum Gasteiger partial charge on any atom is -0.489 e. The van der Waals surface area contributed by atoms with Gasteiger partial charge in [0.15, 0.2) is 11.6 Å². The summed E-state index contributed by atoms with van der Waals surface area (Å²) in [6.45, 7) is 8.37. The Bertz CT molecular complexity index is 1840. The monoisotopic (exact) mass is 751 g/mol. The molecule has 2 aliphatic heterocycles. The highest BCUT2D eigenvalue weighted by Gasteiger charge is 2.49. The van der Waals surface area contributed by atoms with Crippen LogP contribution in [0.25, 0.3) is 5.57 Å². The number of ether oxygens (including phenoxy) is 3. The molecule has 2 aromatic carbocycles. The van der Waals surface area contributed by atoms with Crippen molar-refractivity contribution in [1.82, 2.24) is 14.8 Å². The first kappa shape index (κ1) is 38.5. The van der Waals surface area contributed by atoms with Crippen molar-refractivity contribution in [2.45, 2.75) is 109 Å². The molecule has 1 N–H and O–H groups in total. The SMILES string of the molecule is Cc1c(CN(C(=O)C2=C(c3ccc(CCCOc4c(F)ccc(F)c4Cl)cc3)C[C@@H]3CCC2N3C(=O)OC(C)(C)C)C2CC2)ccnc1OCCCO. The van der Waals surface area contributed by atoms with Crippen molar-refractivity contribution < 1.29 is 37.7 Å². The number of hydrogen-bond donors (Lipinski definition) is 1. The average molecular weight is 752 g/mol. The number of aliphatic hydroxyl groups excluding tert-OH is 1. The first-order chi connectivity index (χ1) is 25.4. The molecule has 2 amide bonds. The van der Waals surface area contributed by atoms with E-state index in [9.17, 15) is 23.5 Å². The van der Waals surface area contributed by atoms with Gasteiger partial charge in [-0.3, -0.25) is 9.69 Å². The van der Waals surface area contributed by atoms with Crippen LogP contribution in [0.15, 0.2) is 54.2 Å². The summed E-state index contributed by atoms with van der Waals surface area (Å²) in [5.74, 6) is -1.33. The van der Waals surface area contributed by atoms with Gasteiger partial charge in [-0.15, -0.1) is 0 Å². The molecule has 2 atom stereocenters. The Morgan fingerprint density at radius 1 is 0.981 bits per heavy atom. The highest BCUT2D eigenvalue weighted by molar-refractivity contribution is 6.32. The quantitative estimate of drug-likeness (QED) is 0.131. The summed E-state index contributed by atoms with van der Waals surface area (Å²) in [4.78, 5) is 36.8. The minimum atomic E-state index is -0.738. The molecule has 1 aliphatic carbocycles. The van der Waals surface area contributed by atoms with Gasteiger partial charge in [-0.2, -0.15) is 0 Å². The molecule has 1 unspecified atom stereocenters. The van der Waals surface area contributed by atoms with Crippen LogP contribution in [0, 0.1) is 18.6 Å². The van der Waals surface area contributed by atoms with E-state index in [0.29, 0.717) is 56.7 Å². The number of nitrogens with zero attached hydrogens (tertiary/aromatic N) is 3. The number of carbonyl (C=O) groups excluding carboxylic acids is 2. The van der Waals surface area contributed by atoms with E-state index in [4.69, 9.17) is 25.8 Å². The number of pyridine rings is 1. The molecule has 9 nitrogen and oxygen atoms in total. The second kappa shape index (κ2) is 16.4. The molecule has 3 heterocycles. The van der Waals surface area contributed by atoms with E-state index in [-0.39, 0.29) is 42.0 Å². The third-order valence-electron chi connectivity index (χ3n) is 10.00. The molecule has 1 aromatic heterocycles. The molecule has 1 saturated carbocycles. The van der Waals surface area contributed by atoms with Gasteiger partial charge in [-0.25, -0.2) is 18.6 Å². The number of fused-ring (bicyclic) bond motifs is 2. The Balaban J connectivity index is 1.26. The van der Waals surface area contributed by atoms with Crippen molar-refractivity contribution in [3.05, 3.63) is 93.1 Å². The molecule has 1 saturated heterocycles. The maximum Gasteiger partial charge on any atom is 0.411 e. The maximum absolute atomic E-state index is 15.0. The van der Waals surface area contributed by atoms with Crippen LogP contribution in [0.2, 0.25) is 5.02 Å². The number of halogens is 3. The molecule has 2 fully saturated rings. The van der Waals surface area contributed by atoms with E-state index in [2.05, 4.69) is 4.98 Å². The van der Waals surface area contributed by atoms with Crippen LogP contribution in [0.5, 0.6) is 11.6 Å². The lowest BCUT2D eigenvalue weighted by molar-refractivity contribution is -0.129. The van der Waals surface area contributed by atoms with Crippen LogP contribution in [-0.2, 0) is 22.5 Å². The molecule has 53 heavy (non-hydrogen) atoms. The number of rotatable bonds is 14. The molecule has 6 rings (SSSR count). The van der Waals surface area contributed by atoms with Gasteiger partial charge in [0, 0.05) is 49.0 Å². The molecule has 284 valence electrons. The van der Waals surface area contributed by atoms with E-state index >= 15 is 0 Å². The van der Waals surface area contributed by atoms with Gasteiger partial charge in [0.05, 0.1) is 19.3 Å². The van der Waals surface area contributed by atoms with E-state index in [1.54, 1.807) is 11.1 Å². The fraction of sp³-hybridized carbons (Fsp3) is 0.488. The normalized spacial score (nSPS) is 18.3. The van der Waals surface area contributed by atoms with E-state index in [1.165, 1.54) is 0 Å². The van der Waals surface area contributed by atoms with Crippen LogP contribution in [0.1, 0.15) is 88.0 Å². The second-order valence-electron chi connectivity index (χ2n) is 15.0. The number of carbonyl (C=O) groups is 2. The molecular weight excluding hydrogens is 704 g/mol. The zero-order chi connectivity index (χ0) is 37.9. The van der Waals surface area contributed by atoms with Crippen molar-refractivity contribution in [3.8, 4) is 11.6 Å². The number of amides is 2. The van der Waals surface area contributed by atoms with Gasteiger partial charge in [-0.05, 0) is 113 Å². The molecular formula is C41H48ClF2N3O6. The predicted molar refractivity (Wildman–Crippen MR) is 198 cm³/mol. The summed E-state index contributed by atoms with van der Waals surface area (Å²) >= 11 is 5.90. The zero-order valence-electron chi connectivity index (χ0n) is 30.8. The Kier molecular flexibility index (Phi) is 11.9. The molecule has 2 bridgehead atoms. The van der Waals surface area contributed by atoms with Gasteiger partial charge in [-0.1, -0.05) is 35.9 Å². The van der Waals surface area contributed by atoms with Gasteiger partial charge in [0.2, 0.25) is 5.88 Å². The van der Waals surface area contributed by atoms with Crippen LogP contribution in [0.4, 0.5) is 13.6 Å². The highest BCUT2D eigenvalue weighted by atomic mass is 35.5. The number of aliphatic hydroxyl groups is 1. The molecule has 12 heteroatoms. The third-order valence-corrected chi connectivity index (χ3v) is 10.3. The fourth-order valence-electron chi connectivity index (χ4n) is 7.21. The van der Waals surface area contributed by atoms with Crippen molar-refractivity contribution in [3.63, 3.8) is 0 Å². The number of aromatic nitrogens is 1. The van der Waals surface area contributed by atoms with Gasteiger partial charge in [0.25, 0.3) is 5.91 Å². The van der Waals surface area contributed by atoms with E-state index in [0.717, 1.165) is 59.2 Å². The Morgan fingerprint density at radius 3 is 2.40 bits per heavy atom. The second-order valence-corrected chi connectivity index (χ2v) is 15.4. The zero-order valence-corrected chi connectivity index (χ0v) is 31.6. The highest BCUT2D eigenvalue weighted by Crippen LogP contribution is 2.45. The predicted octanol–water partition coefficient (Wildman–Crippen LogP) is 8.21. The van der Waals surface area contributed by atoms with Crippen molar-refractivity contribution in [2.75, 3.05) is 19.8 Å². The maximum atomic E-state index is 15.0. The van der Waals surface area contributed by atoms with Crippen LogP contribution in [0.3, 0.4) is 0 Å². The standard InChI is InChI=1S/C41H48ClF2N3O6/c1-25-28(18-19-45-38(25)52-22-6-20-48)24-46(29-12-13-29)39(49)35-31(23-30-14-17-34(35)47(30)40(50)53-41(2,3)4)27-10-8-26(9-11-27)7-5-21-51-37-33(44)16-15-32(43)36(37)42/h8-11,15-16,18-19,29-30,34,48H,5-7,12-14,17,20-24H2,1-4H3/t30-,34?/m0/s1. The number of benzene rings is 2. The minimum absolute atomic E-state index is 0.0240. The summed E-state index contributed by atoms with van der Waals surface area (Å²) < 4.78 is 45.1. The third kappa shape index (κ3) is 8.95.